The van der Waals surface area contributed by atoms with Gasteiger partial charge in [-0.15, -0.1) is 0 Å². The molecule has 136 valence electrons. The molecule has 0 N–H and O–H groups in total. The van der Waals surface area contributed by atoms with Gasteiger partial charge in [0.1, 0.15) is 11.5 Å². The van der Waals surface area contributed by atoms with Gasteiger partial charge in [0.15, 0.2) is 0 Å². The second-order valence-electron chi connectivity index (χ2n) is 7.74. The van der Waals surface area contributed by atoms with Crippen LogP contribution in [0.5, 0.6) is 11.5 Å². The van der Waals surface area contributed by atoms with Gasteiger partial charge < -0.3 is 14.2 Å². The molecule has 0 spiro atoms. The van der Waals surface area contributed by atoms with E-state index in [4.69, 9.17) is 14.2 Å². The summed E-state index contributed by atoms with van der Waals surface area (Å²) in [6.45, 7) is 13.3. The van der Waals surface area contributed by atoms with Crippen LogP contribution in [0.25, 0.3) is 0 Å². The van der Waals surface area contributed by atoms with Crippen LogP contribution in [0.4, 0.5) is 0 Å². The van der Waals surface area contributed by atoms with Gasteiger partial charge in [0.2, 0.25) is 0 Å². The predicted molar refractivity (Wildman–Crippen MR) is 99.2 cm³/mol. The Labute approximate surface area is 147 Å². The molecular weight excluding hydrogens is 300 g/mol. The minimum absolute atomic E-state index is 0.00647. The van der Waals surface area contributed by atoms with Crippen LogP contribution in [0.1, 0.15) is 71.8 Å². The van der Waals surface area contributed by atoms with Gasteiger partial charge in [0.05, 0.1) is 18.8 Å². The predicted octanol–water partition coefficient (Wildman–Crippen LogP) is 5.57. The fourth-order valence-electron chi connectivity index (χ4n) is 3.30. The molecule has 1 aromatic rings. The van der Waals surface area contributed by atoms with E-state index in [-0.39, 0.29) is 5.60 Å². The molecule has 2 unspecified atom stereocenters. The normalized spacial score (nSPS) is 18.1. The van der Waals surface area contributed by atoms with Crippen molar-refractivity contribution in [3.05, 3.63) is 23.8 Å². The first-order chi connectivity index (χ1) is 11.4. The number of hydrogen-bond acceptors (Lipinski definition) is 3. The Morgan fingerprint density at radius 3 is 2.83 bits per heavy atom. The van der Waals surface area contributed by atoms with Crippen molar-refractivity contribution in [2.75, 3.05) is 19.8 Å². The highest BCUT2D eigenvalue weighted by atomic mass is 16.5. The molecule has 0 aliphatic carbocycles. The second-order valence-corrected chi connectivity index (χ2v) is 7.74. The third-order valence-electron chi connectivity index (χ3n) is 4.89. The Kier molecular flexibility index (Phi) is 6.97. The maximum absolute atomic E-state index is 5.92. The summed E-state index contributed by atoms with van der Waals surface area (Å²) in [5, 5.41) is 0. The Bertz CT molecular complexity index is 510. The minimum Gasteiger partial charge on any atom is -0.493 e. The summed E-state index contributed by atoms with van der Waals surface area (Å²) in [5.41, 5.74) is 1.31. The van der Waals surface area contributed by atoms with Crippen molar-refractivity contribution in [2.45, 2.75) is 71.8 Å². The molecule has 0 amide bonds. The molecule has 0 radical (unpaired) electrons. The lowest BCUT2D eigenvalue weighted by Crippen LogP contribution is -2.24. The maximum atomic E-state index is 5.92. The summed E-state index contributed by atoms with van der Waals surface area (Å²) < 4.78 is 17.4. The minimum atomic E-state index is 0.00647. The van der Waals surface area contributed by atoms with Gasteiger partial charge in [0, 0.05) is 24.2 Å². The van der Waals surface area contributed by atoms with E-state index < -0.39 is 0 Å². The first kappa shape index (κ1) is 19.1. The van der Waals surface area contributed by atoms with Crippen LogP contribution in [0, 0.1) is 5.92 Å². The molecule has 24 heavy (non-hydrogen) atoms. The number of benzene rings is 1. The zero-order valence-corrected chi connectivity index (χ0v) is 16.1. The van der Waals surface area contributed by atoms with Crippen LogP contribution in [0.2, 0.25) is 0 Å². The zero-order chi connectivity index (χ0) is 17.6. The lowest BCUT2D eigenvalue weighted by molar-refractivity contribution is -0.0183. The maximum Gasteiger partial charge on any atom is 0.126 e. The van der Waals surface area contributed by atoms with Gasteiger partial charge in [-0.3, -0.25) is 0 Å². The van der Waals surface area contributed by atoms with Gasteiger partial charge >= 0.3 is 0 Å². The summed E-state index contributed by atoms with van der Waals surface area (Å²) in [7, 11) is 0. The van der Waals surface area contributed by atoms with Crippen LogP contribution in [0.15, 0.2) is 18.2 Å². The van der Waals surface area contributed by atoms with E-state index in [1.54, 1.807) is 0 Å². The monoisotopic (exact) mass is 334 g/mol. The molecule has 3 heteroatoms. The number of rotatable bonds is 10. The number of fused-ring (bicyclic) bond motifs is 1. The van der Waals surface area contributed by atoms with Gasteiger partial charge in [-0.05, 0) is 45.6 Å². The Morgan fingerprint density at radius 1 is 1.29 bits per heavy atom. The van der Waals surface area contributed by atoms with E-state index in [2.05, 4.69) is 46.8 Å². The molecule has 1 aromatic carbocycles. The Hall–Kier alpha value is -1.22. The highest BCUT2D eigenvalue weighted by Crippen LogP contribution is 2.36. The molecule has 1 heterocycles. The van der Waals surface area contributed by atoms with E-state index in [9.17, 15) is 0 Å². The third kappa shape index (κ3) is 5.70. The SMILES string of the molecule is CCOC(C)(C)CCCC(C)CCOc1ccc2c(c1)OCC2C. The quantitative estimate of drug-likeness (QED) is 0.559. The molecule has 0 fully saturated rings. The van der Waals surface area contributed by atoms with Crippen molar-refractivity contribution >= 4 is 0 Å². The first-order valence-corrected chi connectivity index (χ1v) is 9.45. The summed E-state index contributed by atoms with van der Waals surface area (Å²) in [4.78, 5) is 0. The second kappa shape index (κ2) is 8.75. The summed E-state index contributed by atoms with van der Waals surface area (Å²) in [6.07, 6.45) is 4.64. The van der Waals surface area contributed by atoms with E-state index in [0.717, 1.165) is 44.2 Å². The van der Waals surface area contributed by atoms with Crippen molar-refractivity contribution < 1.29 is 14.2 Å². The molecule has 1 aliphatic rings. The molecule has 2 rings (SSSR count). The van der Waals surface area contributed by atoms with Crippen LogP contribution in [0.3, 0.4) is 0 Å². The first-order valence-electron chi connectivity index (χ1n) is 9.45. The van der Waals surface area contributed by atoms with Crippen molar-refractivity contribution in [1.82, 2.24) is 0 Å². The lowest BCUT2D eigenvalue weighted by Gasteiger charge is -2.25. The van der Waals surface area contributed by atoms with Crippen molar-refractivity contribution in [3.8, 4) is 11.5 Å². The smallest absolute Gasteiger partial charge is 0.126 e. The average Bonchev–Trinajstić information content (AvgIpc) is 2.88. The van der Waals surface area contributed by atoms with Crippen molar-refractivity contribution in [1.29, 1.82) is 0 Å². The van der Waals surface area contributed by atoms with Crippen molar-refractivity contribution in [2.24, 2.45) is 5.92 Å². The molecule has 0 saturated heterocycles. The van der Waals surface area contributed by atoms with Crippen LogP contribution in [-0.2, 0) is 4.74 Å². The summed E-state index contributed by atoms with van der Waals surface area (Å²) >= 11 is 0. The number of hydrogen-bond donors (Lipinski definition) is 0. The topological polar surface area (TPSA) is 27.7 Å². The summed E-state index contributed by atoms with van der Waals surface area (Å²) in [6, 6.07) is 6.25. The molecule has 3 nitrogen and oxygen atoms in total. The Balaban J connectivity index is 1.65. The molecule has 1 aliphatic heterocycles. The summed E-state index contributed by atoms with van der Waals surface area (Å²) in [5.74, 6) is 3.09. The fraction of sp³-hybridized carbons (Fsp3) is 0.714. The van der Waals surface area contributed by atoms with Crippen LogP contribution < -0.4 is 9.47 Å². The molecule has 0 saturated carbocycles. The van der Waals surface area contributed by atoms with E-state index >= 15 is 0 Å². The lowest BCUT2D eigenvalue weighted by atomic mass is 9.95. The largest absolute Gasteiger partial charge is 0.493 e. The molecule has 0 aromatic heterocycles. The van der Waals surface area contributed by atoms with Crippen LogP contribution >= 0.6 is 0 Å². The number of ether oxygens (including phenoxy) is 3. The molecular formula is C21H34O3. The third-order valence-corrected chi connectivity index (χ3v) is 4.89. The van der Waals surface area contributed by atoms with Crippen molar-refractivity contribution in [3.63, 3.8) is 0 Å². The van der Waals surface area contributed by atoms with Gasteiger partial charge in [-0.1, -0.05) is 32.8 Å². The highest BCUT2D eigenvalue weighted by molar-refractivity contribution is 5.44. The zero-order valence-electron chi connectivity index (χ0n) is 16.1. The fourth-order valence-corrected chi connectivity index (χ4v) is 3.30. The Morgan fingerprint density at radius 2 is 2.08 bits per heavy atom. The standard InChI is InChI=1S/C21H34O3/c1-6-24-21(4,5)12-7-8-16(2)11-13-22-18-9-10-19-17(3)15-23-20(19)14-18/h9-10,14,16-17H,6-8,11-13,15H2,1-5H3. The van der Waals surface area contributed by atoms with Gasteiger partial charge in [0.25, 0.3) is 0 Å². The van der Waals surface area contributed by atoms with E-state index in [0.29, 0.717) is 11.8 Å². The van der Waals surface area contributed by atoms with Gasteiger partial charge in [-0.2, -0.15) is 0 Å². The van der Waals surface area contributed by atoms with Gasteiger partial charge in [-0.25, -0.2) is 0 Å². The molecule has 0 bridgehead atoms. The highest BCUT2D eigenvalue weighted by Gasteiger charge is 2.20. The average molecular weight is 335 g/mol. The van der Waals surface area contributed by atoms with E-state index in [1.165, 1.54) is 18.4 Å². The molecule has 2 atom stereocenters. The van der Waals surface area contributed by atoms with Crippen LogP contribution in [-0.4, -0.2) is 25.4 Å². The van der Waals surface area contributed by atoms with E-state index in [1.807, 2.05) is 6.07 Å².